The lowest BCUT2D eigenvalue weighted by molar-refractivity contribution is -0.145. The van der Waals surface area contributed by atoms with Crippen LogP contribution in [0, 0.1) is 13.8 Å². The number of amides is 1. The fourth-order valence-electron chi connectivity index (χ4n) is 1.94. The predicted octanol–water partition coefficient (Wildman–Crippen LogP) is 1.94. The topological polar surface area (TPSA) is 102 Å². The zero-order valence-electron chi connectivity index (χ0n) is 13.1. The molecule has 0 aliphatic heterocycles. The number of carbonyl (C=O) groups is 2. The number of rotatable bonds is 6. The molecule has 0 saturated heterocycles. The molecule has 122 valence electrons. The van der Waals surface area contributed by atoms with Crippen LogP contribution in [0.15, 0.2) is 34.7 Å². The van der Waals surface area contributed by atoms with Crippen LogP contribution >= 0.6 is 0 Å². The first-order valence-corrected chi connectivity index (χ1v) is 6.99. The second-order valence-corrected chi connectivity index (χ2v) is 5.34. The quantitative estimate of drug-likeness (QED) is 0.844. The smallest absolute Gasteiger partial charge is 0.332 e. The van der Waals surface area contributed by atoms with Crippen molar-refractivity contribution in [3.8, 4) is 5.75 Å². The molecule has 1 amide bonds. The number of aliphatic carboxylic acids is 1. The van der Waals surface area contributed by atoms with Crippen LogP contribution in [0.2, 0.25) is 0 Å². The maximum atomic E-state index is 12.2. The van der Waals surface area contributed by atoms with Crippen molar-refractivity contribution >= 4 is 11.9 Å². The molecule has 1 atom stereocenters. The molecule has 2 N–H and O–H groups in total. The van der Waals surface area contributed by atoms with Crippen molar-refractivity contribution in [3.63, 3.8) is 0 Å². The van der Waals surface area contributed by atoms with Gasteiger partial charge in [0.05, 0.1) is 5.69 Å². The zero-order valence-corrected chi connectivity index (χ0v) is 13.1. The van der Waals surface area contributed by atoms with Crippen LogP contribution in [0.25, 0.3) is 0 Å². The van der Waals surface area contributed by atoms with Crippen LogP contribution in [0.3, 0.4) is 0 Å². The van der Waals surface area contributed by atoms with E-state index in [1.54, 1.807) is 38.1 Å². The number of carbonyl (C=O) groups excluding carboxylic acids is 1. The normalized spacial score (nSPS) is 13.2. The minimum absolute atomic E-state index is 0.00492. The minimum Gasteiger partial charge on any atom is -0.491 e. The first-order valence-electron chi connectivity index (χ1n) is 6.99. The molecule has 0 radical (unpaired) electrons. The van der Waals surface area contributed by atoms with Gasteiger partial charge in [-0.3, -0.25) is 4.79 Å². The van der Waals surface area contributed by atoms with Crippen LogP contribution in [-0.2, 0) is 4.79 Å². The summed E-state index contributed by atoms with van der Waals surface area (Å²) in [5.74, 6) is -1.01. The molecule has 1 aromatic heterocycles. The Bertz CT molecular complexity index is 711. The van der Waals surface area contributed by atoms with E-state index in [9.17, 15) is 14.7 Å². The molecule has 23 heavy (non-hydrogen) atoms. The summed E-state index contributed by atoms with van der Waals surface area (Å²) in [6.07, 6.45) is 0. The third-order valence-electron chi connectivity index (χ3n) is 3.24. The summed E-state index contributed by atoms with van der Waals surface area (Å²) in [4.78, 5) is 27.8. The molecule has 1 aromatic carbocycles. The monoisotopic (exact) mass is 318 g/mol. The molecule has 0 fully saturated rings. The number of ether oxygens (including phenoxy) is 1. The molecule has 2 rings (SSSR count). The van der Waals surface area contributed by atoms with E-state index < -0.39 is 17.4 Å². The van der Waals surface area contributed by atoms with Gasteiger partial charge >= 0.3 is 5.97 Å². The largest absolute Gasteiger partial charge is 0.491 e. The summed E-state index contributed by atoms with van der Waals surface area (Å²) in [7, 11) is 0. The van der Waals surface area contributed by atoms with Crippen LogP contribution in [0.1, 0.15) is 29.1 Å². The third kappa shape index (κ3) is 3.88. The Morgan fingerprint density at radius 3 is 2.48 bits per heavy atom. The first kappa shape index (κ1) is 16.5. The molecule has 0 saturated carbocycles. The van der Waals surface area contributed by atoms with Crippen molar-refractivity contribution in [1.29, 1.82) is 0 Å². The van der Waals surface area contributed by atoms with E-state index in [1.165, 1.54) is 6.92 Å². The Morgan fingerprint density at radius 1 is 1.30 bits per heavy atom. The summed E-state index contributed by atoms with van der Waals surface area (Å²) < 4.78 is 10.7. The number of para-hydroxylation sites is 1. The fraction of sp³-hybridized carbons (Fsp3) is 0.312. The average molecular weight is 318 g/mol. The molecular formula is C16H18N2O5. The summed E-state index contributed by atoms with van der Waals surface area (Å²) in [6, 6.07) is 8.77. The van der Waals surface area contributed by atoms with Crippen molar-refractivity contribution in [2.45, 2.75) is 26.3 Å². The lowest BCUT2D eigenvalue weighted by Crippen LogP contribution is -2.56. The number of benzene rings is 1. The standard InChI is InChI=1S/C16H18N2O5/c1-10-13(23-11(2)17-10)14(19)18-16(3,15(20)21)9-22-12-7-5-4-6-8-12/h4-8H,9H2,1-3H3,(H,18,19)(H,20,21)/t16-/m0/s1. The van der Waals surface area contributed by atoms with Crippen LogP contribution in [0.4, 0.5) is 0 Å². The van der Waals surface area contributed by atoms with Crippen LogP contribution in [-0.4, -0.2) is 34.1 Å². The van der Waals surface area contributed by atoms with Gasteiger partial charge < -0.3 is 19.6 Å². The van der Waals surface area contributed by atoms with Crippen LogP contribution in [0.5, 0.6) is 5.75 Å². The van der Waals surface area contributed by atoms with Crippen LogP contribution < -0.4 is 10.1 Å². The lowest BCUT2D eigenvalue weighted by Gasteiger charge is -2.25. The van der Waals surface area contributed by atoms with E-state index >= 15 is 0 Å². The number of nitrogens with one attached hydrogen (secondary N) is 1. The molecule has 0 bridgehead atoms. The van der Waals surface area contributed by atoms with Crippen molar-refractivity contribution in [2.24, 2.45) is 0 Å². The minimum atomic E-state index is -1.61. The highest BCUT2D eigenvalue weighted by molar-refractivity contribution is 5.96. The molecule has 7 nitrogen and oxygen atoms in total. The maximum absolute atomic E-state index is 12.2. The molecule has 0 spiro atoms. The molecular weight excluding hydrogens is 300 g/mol. The molecule has 1 heterocycles. The highest BCUT2D eigenvalue weighted by Gasteiger charge is 2.37. The highest BCUT2D eigenvalue weighted by atomic mass is 16.5. The van der Waals surface area contributed by atoms with Crippen molar-refractivity contribution in [2.75, 3.05) is 6.61 Å². The number of carboxylic acid groups (broad SMARTS) is 1. The number of aryl methyl sites for hydroxylation is 2. The van der Waals surface area contributed by atoms with Gasteiger partial charge in [0.2, 0.25) is 5.76 Å². The SMILES string of the molecule is Cc1nc(C)c(C(=O)N[C@@](C)(COc2ccccc2)C(=O)O)o1. The summed E-state index contributed by atoms with van der Waals surface area (Å²) in [6.45, 7) is 4.36. The van der Waals surface area contributed by atoms with Gasteiger partial charge in [0.25, 0.3) is 5.91 Å². The summed E-state index contributed by atoms with van der Waals surface area (Å²) in [5, 5.41) is 11.9. The second-order valence-electron chi connectivity index (χ2n) is 5.34. The van der Waals surface area contributed by atoms with Gasteiger partial charge in [-0.1, -0.05) is 18.2 Å². The molecule has 0 aliphatic rings. The van der Waals surface area contributed by atoms with Crippen molar-refractivity contribution in [3.05, 3.63) is 47.7 Å². The summed E-state index contributed by atoms with van der Waals surface area (Å²) in [5.41, 5.74) is -1.21. The molecule has 0 unspecified atom stereocenters. The van der Waals surface area contributed by atoms with E-state index in [4.69, 9.17) is 9.15 Å². The van der Waals surface area contributed by atoms with E-state index in [2.05, 4.69) is 10.3 Å². The van der Waals surface area contributed by atoms with Gasteiger partial charge in [-0.25, -0.2) is 9.78 Å². The highest BCUT2D eigenvalue weighted by Crippen LogP contribution is 2.15. The van der Waals surface area contributed by atoms with Crippen molar-refractivity contribution in [1.82, 2.24) is 10.3 Å². The van der Waals surface area contributed by atoms with Gasteiger partial charge in [-0.2, -0.15) is 0 Å². The molecule has 2 aromatic rings. The van der Waals surface area contributed by atoms with E-state index in [0.717, 1.165) is 0 Å². The van der Waals surface area contributed by atoms with Gasteiger partial charge in [-0.15, -0.1) is 0 Å². The Hall–Kier alpha value is -2.83. The fourth-order valence-corrected chi connectivity index (χ4v) is 1.94. The molecule has 7 heteroatoms. The Labute approximate surface area is 133 Å². The Kier molecular flexibility index (Phi) is 4.68. The van der Waals surface area contributed by atoms with E-state index in [1.807, 2.05) is 6.07 Å². The summed E-state index contributed by atoms with van der Waals surface area (Å²) >= 11 is 0. The number of hydrogen-bond acceptors (Lipinski definition) is 5. The van der Waals surface area contributed by atoms with Gasteiger partial charge in [-0.05, 0) is 26.0 Å². The first-order chi connectivity index (χ1) is 10.8. The Morgan fingerprint density at radius 2 is 1.96 bits per heavy atom. The Balaban J connectivity index is 2.12. The van der Waals surface area contributed by atoms with E-state index in [-0.39, 0.29) is 12.4 Å². The van der Waals surface area contributed by atoms with E-state index in [0.29, 0.717) is 17.3 Å². The van der Waals surface area contributed by atoms with Gasteiger partial charge in [0, 0.05) is 6.92 Å². The second kappa shape index (κ2) is 6.51. The molecule has 0 aliphatic carbocycles. The number of nitrogens with zero attached hydrogens (tertiary/aromatic N) is 1. The number of oxazole rings is 1. The predicted molar refractivity (Wildman–Crippen MR) is 81.4 cm³/mol. The maximum Gasteiger partial charge on any atom is 0.332 e. The third-order valence-corrected chi connectivity index (χ3v) is 3.24. The average Bonchev–Trinajstić information content (AvgIpc) is 2.85. The lowest BCUT2D eigenvalue weighted by atomic mass is 10.0. The zero-order chi connectivity index (χ0) is 17.0. The van der Waals surface area contributed by atoms with Crippen molar-refractivity contribution < 1.29 is 23.8 Å². The number of carboxylic acids is 1. The van der Waals surface area contributed by atoms with Gasteiger partial charge in [0.1, 0.15) is 12.4 Å². The number of aromatic nitrogens is 1. The number of hydrogen-bond donors (Lipinski definition) is 2. The van der Waals surface area contributed by atoms with Gasteiger partial charge in [0.15, 0.2) is 11.4 Å².